The quantitative estimate of drug-likeness (QED) is 0.728. The zero-order valence-electron chi connectivity index (χ0n) is 14.4. The number of hydrogen-bond acceptors (Lipinski definition) is 6. The van der Waals surface area contributed by atoms with Crippen LogP contribution in [0.4, 0.5) is 11.4 Å². The highest BCUT2D eigenvalue weighted by atomic mass is 32.1. The number of nitrogens with one attached hydrogen (secondary N) is 1. The summed E-state index contributed by atoms with van der Waals surface area (Å²) in [5.74, 6) is 0.968. The van der Waals surface area contributed by atoms with Crippen molar-refractivity contribution in [1.82, 2.24) is 10.1 Å². The zero-order chi connectivity index (χ0) is 17.8. The number of nitrogens with zero attached hydrogens (tertiary/aromatic N) is 3. The van der Waals surface area contributed by atoms with Gasteiger partial charge >= 0.3 is 0 Å². The molecule has 2 heterocycles. The minimum Gasteiger partial charge on any atom is -0.378 e. The first-order valence-electron chi connectivity index (χ1n) is 7.97. The summed E-state index contributed by atoms with van der Waals surface area (Å²) in [6, 6.07) is 9.82. The van der Waals surface area contributed by atoms with Crippen LogP contribution in [-0.2, 0) is 11.2 Å². The lowest BCUT2D eigenvalue weighted by molar-refractivity contribution is -0.116. The van der Waals surface area contributed by atoms with Gasteiger partial charge in [0.2, 0.25) is 17.6 Å². The summed E-state index contributed by atoms with van der Waals surface area (Å²) in [4.78, 5) is 19.5. The van der Waals surface area contributed by atoms with Crippen molar-refractivity contribution >= 4 is 28.6 Å². The van der Waals surface area contributed by atoms with E-state index in [1.165, 1.54) is 0 Å². The molecule has 1 N–H and O–H groups in total. The number of aryl methyl sites for hydroxylation is 2. The number of aromatic nitrogens is 2. The maximum absolute atomic E-state index is 12.2. The van der Waals surface area contributed by atoms with Crippen LogP contribution in [0, 0.1) is 6.92 Å². The third-order valence-electron chi connectivity index (χ3n) is 3.78. The summed E-state index contributed by atoms with van der Waals surface area (Å²) in [5.41, 5.74) is 2.94. The van der Waals surface area contributed by atoms with Crippen LogP contribution in [-0.4, -0.2) is 30.1 Å². The van der Waals surface area contributed by atoms with Crippen LogP contribution < -0.4 is 10.2 Å². The minimum atomic E-state index is -0.0726. The third kappa shape index (κ3) is 4.24. The first-order valence-corrected chi connectivity index (χ1v) is 8.85. The molecule has 0 aliphatic carbocycles. The highest BCUT2D eigenvalue weighted by Gasteiger charge is 2.12. The Hall–Kier alpha value is -2.67. The van der Waals surface area contributed by atoms with E-state index in [0.29, 0.717) is 24.6 Å². The average molecular weight is 356 g/mol. The zero-order valence-corrected chi connectivity index (χ0v) is 15.3. The predicted molar refractivity (Wildman–Crippen MR) is 100 cm³/mol. The van der Waals surface area contributed by atoms with E-state index in [4.69, 9.17) is 4.52 Å². The van der Waals surface area contributed by atoms with Crippen LogP contribution in [0.15, 0.2) is 40.2 Å². The molecular formula is C18H20N4O2S. The summed E-state index contributed by atoms with van der Waals surface area (Å²) in [7, 11) is 3.98. The number of amides is 1. The van der Waals surface area contributed by atoms with Gasteiger partial charge < -0.3 is 14.7 Å². The maximum atomic E-state index is 12.2. The fourth-order valence-corrected chi connectivity index (χ4v) is 3.01. The Bertz CT molecular complexity index is 856. The van der Waals surface area contributed by atoms with Crippen LogP contribution in [0.2, 0.25) is 0 Å². The molecule has 3 rings (SSSR count). The minimum absolute atomic E-state index is 0.0726. The van der Waals surface area contributed by atoms with Crippen molar-refractivity contribution in [3.8, 4) is 10.7 Å². The van der Waals surface area contributed by atoms with Gasteiger partial charge in [-0.2, -0.15) is 4.98 Å². The molecule has 7 heteroatoms. The third-order valence-corrected chi connectivity index (χ3v) is 4.64. The molecule has 0 fully saturated rings. The second kappa shape index (κ2) is 7.48. The van der Waals surface area contributed by atoms with Gasteiger partial charge in [-0.1, -0.05) is 11.2 Å². The average Bonchev–Trinajstić information content (AvgIpc) is 3.25. The molecule has 2 aromatic heterocycles. The van der Waals surface area contributed by atoms with Crippen LogP contribution in [0.5, 0.6) is 0 Å². The Morgan fingerprint density at radius 3 is 2.84 bits per heavy atom. The molecule has 0 unspecified atom stereocenters. The predicted octanol–water partition coefficient (Wildman–Crippen LogP) is 3.74. The Labute approximate surface area is 150 Å². The maximum Gasteiger partial charge on any atom is 0.227 e. The summed E-state index contributed by atoms with van der Waals surface area (Å²) in [6.07, 6.45) is 0.708. The normalized spacial score (nSPS) is 10.7. The van der Waals surface area contributed by atoms with Gasteiger partial charge in [0.25, 0.3) is 0 Å². The molecule has 25 heavy (non-hydrogen) atoms. The molecule has 0 aliphatic rings. The molecule has 0 aliphatic heterocycles. The van der Waals surface area contributed by atoms with Gasteiger partial charge in [-0.3, -0.25) is 4.79 Å². The molecule has 0 radical (unpaired) electrons. The van der Waals surface area contributed by atoms with Gasteiger partial charge in [0.15, 0.2) is 0 Å². The van der Waals surface area contributed by atoms with E-state index in [2.05, 4.69) is 15.5 Å². The first-order chi connectivity index (χ1) is 12.0. The molecule has 1 amide bonds. The molecule has 6 nitrogen and oxygen atoms in total. The Morgan fingerprint density at radius 2 is 2.16 bits per heavy atom. The molecule has 130 valence electrons. The summed E-state index contributed by atoms with van der Waals surface area (Å²) in [5, 5.41) is 8.85. The van der Waals surface area contributed by atoms with Gasteiger partial charge in [0.1, 0.15) is 0 Å². The van der Waals surface area contributed by atoms with E-state index >= 15 is 0 Å². The Morgan fingerprint density at radius 1 is 1.32 bits per heavy atom. The van der Waals surface area contributed by atoms with Gasteiger partial charge in [0, 0.05) is 38.3 Å². The lowest BCUT2D eigenvalue weighted by Gasteiger charge is -2.15. The number of carbonyl (C=O) groups excluding carboxylic acids is 1. The standard InChI is InChI=1S/C18H20N4O2S/c1-12-11-13(22(2)3)6-7-14(12)19-16(23)8-9-17-20-18(21-24-17)15-5-4-10-25-15/h4-7,10-11H,8-9H2,1-3H3,(H,19,23). The van der Waals surface area contributed by atoms with E-state index < -0.39 is 0 Å². The number of hydrogen-bond donors (Lipinski definition) is 1. The lowest BCUT2D eigenvalue weighted by Crippen LogP contribution is -2.14. The fraction of sp³-hybridized carbons (Fsp3) is 0.278. The Balaban J connectivity index is 1.56. The highest BCUT2D eigenvalue weighted by Crippen LogP contribution is 2.23. The van der Waals surface area contributed by atoms with Crippen molar-refractivity contribution in [2.45, 2.75) is 19.8 Å². The van der Waals surface area contributed by atoms with E-state index in [9.17, 15) is 4.79 Å². The molecule has 0 atom stereocenters. The van der Waals surface area contributed by atoms with Crippen LogP contribution in [0.25, 0.3) is 10.7 Å². The Kier molecular flexibility index (Phi) is 5.14. The van der Waals surface area contributed by atoms with Crippen molar-refractivity contribution in [2.24, 2.45) is 0 Å². The molecular weight excluding hydrogens is 336 g/mol. The number of benzene rings is 1. The van der Waals surface area contributed by atoms with Gasteiger partial charge in [-0.25, -0.2) is 0 Å². The summed E-state index contributed by atoms with van der Waals surface area (Å²) >= 11 is 1.55. The fourth-order valence-electron chi connectivity index (χ4n) is 2.36. The number of thiophene rings is 1. The van der Waals surface area contributed by atoms with Crippen LogP contribution in [0.3, 0.4) is 0 Å². The van der Waals surface area contributed by atoms with Crippen LogP contribution in [0.1, 0.15) is 17.9 Å². The van der Waals surface area contributed by atoms with E-state index in [1.54, 1.807) is 11.3 Å². The molecule has 1 aromatic carbocycles. The van der Waals surface area contributed by atoms with Crippen molar-refractivity contribution < 1.29 is 9.32 Å². The van der Waals surface area contributed by atoms with Crippen molar-refractivity contribution in [2.75, 3.05) is 24.3 Å². The molecule has 0 spiro atoms. The summed E-state index contributed by atoms with van der Waals surface area (Å²) in [6.45, 7) is 1.98. The molecule has 3 aromatic rings. The molecule has 0 bridgehead atoms. The van der Waals surface area contributed by atoms with Crippen molar-refractivity contribution in [3.63, 3.8) is 0 Å². The second-order valence-corrected chi connectivity index (χ2v) is 6.88. The largest absolute Gasteiger partial charge is 0.378 e. The molecule has 0 saturated carbocycles. The topological polar surface area (TPSA) is 71.3 Å². The SMILES string of the molecule is Cc1cc(N(C)C)ccc1NC(=O)CCc1nc(-c2cccs2)no1. The first kappa shape index (κ1) is 17.2. The van der Waals surface area contributed by atoms with Crippen molar-refractivity contribution in [3.05, 3.63) is 47.2 Å². The summed E-state index contributed by atoms with van der Waals surface area (Å²) < 4.78 is 5.21. The van der Waals surface area contributed by atoms with Gasteiger partial charge in [0.05, 0.1) is 4.88 Å². The van der Waals surface area contributed by atoms with E-state index in [1.807, 2.05) is 61.6 Å². The second-order valence-electron chi connectivity index (χ2n) is 5.93. The van der Waals surface area contributed by atoms with Crippen molar-refractivity contribution in [1.29, 1.82) is 0 Å². The number of rotatable bonds is 6. The lowest BCUT2D eigenvalue weighted by atomic mass is 10.1. The highest BCUT2D eigenvalue weighted by molar-refractivity contribution is 7.13. The molecule has 0 saturated heterocycles. The van der Waals surface area contributed by atoms with Gasteiger partial charge in [-0.05, 0) is 42.1 Å². The monoisotopic (exact) mass is 356 g/mol. The smallest absolute Gasteiger partial charge is 0.227 e. The van der Waals surface area contributed by atoms with E-state index in [-0.39, 0.29) is 5.91 Å². The number of anilines is 2. The number of carbonyl (C=O) groups is 1. The van der Waals surface area contributed by atoms with Crippen LogP contribution >= 0.6 is 11.3 Å². The van der Waals surface area contributed by atoms with Gasteiger partial charge in [-0.15, -0.1) is 11.3 Å². The van der Waals surface area contributed by atoms with E-state index in [0.717, 1.165) is 21.8 Å².